The molecule has 2 N–H and O–H groups in total. The van der Waals surface area contributed by atoms with Crippen molar-refractivity contribution in [3.8, 4) is 0 Å². The van der Waals surface area contributed by atoms with Crippen molar-refractivity contribution >= 4 is 11.4 Å². The van der Waals surface area contributed by atoms with Crippen LogP contribution in [0.25, 0.3) is 0 Å². The summed E-state index contributed by atoms with van der Waals surface area (Å²) in [6.07, 6.45) is -4.37. The number of benzene rings is 1. The van der Waals surface area contributed by atoms with Crippen LogP contribution in [0.5, 0.6) is 0 Å². The van der Waals surface area contributed by atoms with Gasteiger partial charge in [0, 0.05) is 26.2 Å². The molecule has 1 aromatic rings. The molecule has 0 aliphatic rings. The number of rotatable bonds is 7. The molecular formula is C12H16F3N3O3. The summed E-state index contributed by atoms with van der Waals surface area (Å²) in [5.41, 5.74) is 0.571. The lowest BCUT2D eigenvalue weighted by Crippen LogP contribution is -2.35. The molecule has 0 spiro atoms. The third kappa shape index (κ3) is 5.56. The minimum Gasteiger partial charge on any atom is -0.395 e. The summed E-state index contributed by atoms with van der Waals surface area (Å²) in [7, 11) is 1.49. The Balaban J connectivity index is 2.91. The molecule has 0 fully saturated rings. The van der Waals surface area contributed by atoms with Gasteiger partial charge in [0.25, 0.3) is 5.69 Å². The maximum absolute atomic E-state index is 12.4. The average Bonchev–Trinajstić information content (AvgIpc) is 2.36. The Morgan fingerprint density at radius 1 is 1.43 bits per heavy atom. The Morgan fingerprint density at radius 2 is 2.10 bits per heavy atom. The Morgan fingerprint density at radius 3 is 2.57 bits per heavy atom. The van der Waals surface area contributed by atoms with Gasteiger partial charge in [0.05, 0.1) is 18.1 Å². The van der Waals surface area contributed by atoms with Crippen molar-refractivity contribution in [1.82, 2.24) is 4.90 Å². The van der Waals surface area contributed by atoms with E-state index in [2.05, 4.69) is 5.32 Å². The van der Waals surface area contributed by atoms with Crippen LogP contribution in [0.1, 0.15) is 5.56 Å². The molecule has 0 unspecified atom stereocenters. The predicted molar refractivity (Wildman–Crippen MR) is 71.1 cm³/mol. The first-order valence-electron chi connectivity index (χ1n) is 6.12. The third-order valence-electron chi connectivity index (χ3n) is 2.75. The number of nitro benzene ring substituents is 1. The zero-order valence-electron chi connectivity index (χ0n) is 11.4. The van der Waals surface area contributed by atoms with Gasteiger partial charge in [0.1, 0.15) is 5.69 Å². The normalized spacial score (nSPS) is 11.7. The topological polar surface area (TPSA) is 78.6 Å². The summed E-state index contributed by atoms with van der Waals surface area (Å²) < 4.78 is 37.3. The van der Waals surface area contributed by atoms with Crippen LogP contribution in [-0.4, -0.2) is 47.9 Å². The summed E-state index contributed by atoms with van der Waals surface area (Å²) in [4.78, 5) is 11.2. The molecule has 0 heterocycles. The fourth-order valence-electron chi connectivity index (χ4n) is 1.91. The molecule has 6 nitrogen and oxygen atoms in total. The van der Waals surface area contributed by atoms with Crippen LogP contribution < -0.4 is 5.32 Å². The largest absolute Gasteiger partial charge is 0.401 e. The number of hydrogen-bond donors (Lipinski definition) is 2. The average molecular weight is 307 g/mol. The lowest BCUT2D eigenvalue weighted by Gasteiger charge is -2.22. The summed E-state index contributed by atoms with van der Waals surface area (Å²) in [6.45, 7) is -1.75. The molecule has 0 aliphatic carbocycles. The highest BCUT2D eigenvalue weighted by atomic mass is 19.4. The zero-order chi connectivity index (χ0) is 16.0. The molecule has 0 saturated heterocycles. The van der Waals surface area contributed by atoms with E-state index in [1.54, 1.807) is 0 Å². The second kappa shape index (κ2) is 7.23. The van der Waals surface area contributed by atoms with E-state index in [0.717, 1.165) is 4.90 Å². The molecule has 0 aliphatic heterocycles. The van der Waals surface area contributed by atoms with Crippen molar-refractivity contribution in [2.24, 2.45) is 0 Å². The van der Waals surface area contributed by atoms with Gasteiger partial charge in [-0.25, -0.2) is 0 Å². The van der Waals surface area contributed by atoms with Crippen LogP contribution in [0.15, 0.2) is 18.2 Å². The van der Waals surface area contributed by atoms with Gasteiger partial charge in [-0.15, -0.1) is 0 Å². The van der Waals surface area contributed by atoms with Crippen molar-refractivity contribution < 1.29 is 23.2 Å². The molecule has 0 amide bonds. The molecule has 0 bridgehead atoms. The number of nitro groups is 1. The minimum absolute atomic E-state index is 0.0628. The highest BCUT2D eigenvalue weighted by Crippen LogP contribution is 2.26. The summed E-state index contributed by atoms with van der Waals surface area (Å²) in [5.74, 6) is 0. The molecule has 0 radical (unpaired) electrons. The molecule has 0 aromatic heterocycles. The van der Waals surface area contributed by atoms with Crippen molar-refractivity contribution in [2.75, 3.05) is 32.1 Å². The maximum atomic E-state index is 12.4. The molecule has 0 atom stereocenters. The lowest BCUT2D eigenvalue weighted by atomic mass is 10.1. The van der Waals surface area contributed by atoms with Crippen molar-refractivity contribution in [3.63, 3.8) is 0 Å². The van der Waals surface area contributed by atoms with Gasteiger partial charge in [0.15, 0.2) is 0 Å². The Bertz CT molecular complexity index is 494. The molecule has 21 heavy (non-hydrogen) atoms. The zero-order valence-corrected chi connectivity index (χ0v) is 11.4. The van der Waals surface area contributed by atoms with Gasteiger partial charge in [-0.05, 0) is 11.6 Å². The molecular weight excluding hydrogens is 291 g/mol. The number of halogens is 3. The van der Waals surface area contributed by atoms with E-state index < -0.39 is 24.3 Å². The van der Waals surface area contributed by atoms with Gasteiger partial charge in [-0.3, -0.25) is 15.0 Å². The smallest absolute Gasteiger partial charge is 0.395 e. The van der Waals surface area contributed by atoms with E-state index in [-0.39, 0.29) is 24.5 Å². The summed E-state index contributed by atoms with van der Waals surface area (Å²) in [5, 5.41) is 22.2. The number of alkyl halides is 3. The van der Waals surface area contributed by atoms with Gasteiger partial charge in [-0.1, -0.05) is 6.07 Å². The first-order chi connectivity index (χ1) is 9.76. The summed E-state index contributed by atoms with van der Waals surface area (Å²) >= 11 is 0. The van der Waals surface area contributed by atoms with Crippen molar-refractivity contribution in [1.29, 1.82) is 0 Å². The van der Waals surface area contributed by atoms with E-state index in [0.29, 0.717) is 5.56 Å². The first kappa shape index (κ1) is 17.2. The number of anilines is 1. The molecule has 1 aromatic carbocycles. The number of nitrogens with one attached hydrogen (secondary N) is 1. The maximum Gasteiger partial charge on any atom is 0.401 e. The Kier molecular flexibility index (Phi) is 5.91. The highest BCUT2D eigenvalue weighted by Gasteiger charge is 2.30. The molecule has 9 heteroatoms. The monoisotopic (exact) mass is 307 g/mol. The van der Waals surface area contributed by atoms with E-state index >= 15 is 0 Å². The summed E-state index contributed by atoms with van der Waals surface area (Å²) in [6, 6.07) is 4.07. The predicted octanol–water partition coefficient (Wildman–Crippen LogP) is 1.99. The van der Waals surface area contributed by atoms with Gasteiger partial charge >= 0.3 is 6.18 Å². The number of aliphatic hydroxyl groups excluding tert-OH is 1. The third-order valence-corrected chi connectivity index (χ3v) is 2.75. The van der Waals surface area contributed by atoms with Gasteiger partial charge in [0.2, 0.25) is 0 Å². The molecule has 0 saturated carbocycles. The number of aliphatic hydroxyl groups is 1. The Labute approximate surface area is 119 Å². The quantitative estimate of drug-likeness (QED) is 0.595. The van der Waals surface area contributed by atoms with Crippen molar-refractivity contribution in [3.05, 3.63) is 33.9 Å². The number of nitrogens with zero attached hydrogens (tertiary/aromatic N) is 2. The Hall–Kier alpha value is -1.87. The minimum atomic E-state index is -4.37. The van der Waals surface area contributed by atoms with E-state index in [9.17, 15) is 23.3 Å². The van der Waals surface area contributed by atoms with Gasteiger partial charge in [-0.2, -0.15) is 13.2 Å². The van der Waals surface area contributed by atoms with E-state index in [4.69, 9.17) is 5.11 Å². The van der Waals surface area contributed by atoms with Crippen LogP contribution in [0.2, 0.25) is 0 Å². The fraction of sp³-hybridized carbons (Fsp3) is 0.500. The van der Waals surface area contributed by atoms with Crippen LogP contribution in [-0.2, 0) is 6.54 Å². The van der Waals surface area contributed by atoms with Crippen LogP contribution in [0.4, 0.5) is 24.5 Å². The van der Waals surface area contributed by atoms with E-state index in [1.807, 2.05) is 0 Å². The second-order valence-electron chi connectivity index (χ2n) is 4.41. The van der Waals surface area contributed by atoms with Crippen LogP contribution >= 0.6 is 0 Å². The van der Waals surface area contributed by atoms with Crippen LogP contribution in [0, 0.1) is 10.1 Å². The SMILES string of the molecule is CNc1cc(CN(CCO)CC(F)(F)F)ccc1[N+](=O)[O-]. The fourth-order valence-corrected chi connectivity index (χ4v) is 1.91. The first-order valence-corrected chi connectivity index (χ1v) is 6.12. The highest BCUT2D eigenvalue weighted by molar-refractivity contribution is 5.62. The van der Waals surface area contributed by atoms with Gasteiger partial charge < -0.3 is 10.4 Å². The van der Waals surface area contributed by atoms with Crippen molar-refractivity contribution in [2.45, 2.75) is 12.7 Å². The lowest BCUT2D eigenvalue weighted by molar-refractivity contribution is -0.384. The molecule has 118 valence electrons. The van der Waals surface area contributed by atoms with Crippen LogP contribution in [0.3, 0.4) is 0 Å². The molecule has 1 rings (SSSR count). The standard InChI is InChI=1S/C12H16F3N3O3/c1-16-10-6-9(2-3-11(10)18(20)21)7-17(4-5-19)8-12(13,14)15/h2-3,6,16,19H,4-5,7-8H2,1H3. The second-order valence-corrected chi connectivity index (χ2v) is 4.41. The number of hydrogen-bond acceptors (Lipinski definition) is 5. The van der Waals surface area contributed by atoms with E-state index in [1.165, 1.54) is 25.2 Å².